The fourth-order valence-electron chi connectivity index (χ4n) is 0.770. The molecule has 0 aliphatic heterocycles. The molecule has 1 aromatic heterocycles. The van der Waals surface area contributed by atoms with Crippen molar-refractivity contribution in [1.82, 2.24) is 4.98 Å². The van der Waals surface area contributed by atoms with Gasteiger partial charge in [0.15, 0.2) is 5.75 Å². The fraction of sp³-hybridized carbons (Fsp3) is 0.286. The van der Waals surface area contributed by atoms with Crippen molar-refractivity contribution < 1.29 is 17.9 Å². The maximum atomic E-state index is 12.0. The molecule has 0 unspecified atom stereocenters. The lowest BCUT2D eigenvalue weighted by molar-refractivity contribution is -0.275. The lowest BCUT2D eigenvalue weighted by atomic mass is 10.3. The van der Waals surface area contributed by atoms with E-state index in [1.54, 1.807) is 22.6 Å². The van der Waals surface area contributed by atoms with E-state index in [4.69, 9.17) is 0 Å². The zero-order chi connectivity index (χ0) is 10.9. The predicted octanol–water partition coefficient (Wildman–Crippen LogP) is 3.66. The van der Waals surface area contributed by atoms with E-state index in [-0.39, 0.29) is 11.4 Å². The minimum absolute atomic E-state index is 0.204. The highest BCUT2D eigenvalue weighted by molar-refractivity contribution is 14.1. The topological polar surface area (TPSA) is 22.1 Å². The van der Waals surface area contributed by atoms with Gasteiger partial charge < -0.3 is 4.74 Å². The highest BCUT2D eigenvalue weighted by atomic mass is 127. The van der Waals surface area contributed by atoms with Crippen molar-refractivity contribution in [2.24, 2.45) is 0 Å². The number of rotatable bonds is 1. The Morgan fingerprint density at radius 3 is 2.57 bits per heavy atom. The third-order valence-corrected chi connectivity index (χ3v) is 3.74. The highest BCUT2D eigenvalue weighted by Crippen LogP contribution is 2.33. The number of hydrogen-bond donors (Lipinski definition) is 0. The van der Waals surface area contributed by atoms with Crippen LogP contribution >= 0.6 is 38.5 Å². The lowest BCUT2D eigenvalue weighted by Crippen LogP contribution is -2.19. The molecule has 0 amide bonds. The van der Waals surface area contributed by atoms with Crippen molar-refractivity contribution in [3.8, 4) is 5.75 Å². The molecule has 0 saturated heterocycles. The molecular formula is C7H4BrF3INO. The second-order valence-electron chi connectivity index (χ2n) is 2.38. The molecule has 78 valence electrons. The molecule has 0 radical (unpaired) electrons. The third kappa shape index (κ3) is 2.97. The summed E-state index contributed by atoms with van der Waals surface area (Å²) in [5.41, 5.74) is 0.204. The van der Waals surface area contributed by atoms with Gasteiger partial charge in [-0.25, -0.2) is 0 Å². The second-order valence-corrected chi connectivity index (χ2v) is 4.32. The Morgan fingerprint density at radius 1 is 1.50 bits per heavy atom. The van der Waals surface area contributed by atoms with Crippen molar-refractivity contribution in [2.45, 2.75) is 13.3 Å². The molecule has 0 aromatic carbocycles. The Kier molecular flexibility index (Phi) is 3.62. The fourth-order valence-corrected chi connectivity index (χ4v) is 1.69. The van der Waals surface area contributed by atoms with Crippen LogP contribution in [0.15, 0.2) is 10.7 Å². The van der Waals surface area contributed by atoms with Crippen LogP contribution in [0, 0.1) is 10.5 Å². The summed E-state index contributed by atoms with van der Waals surface area (Å²) in [7, 11) is 0. The number of alkyl halides is 3. The zero-order valence-corrected chi connectivity index (χ0v) is 10.6. The van der Waals surface area contributed by atoms with Crippen LogP contribution in [0.3, 0.4) is 0 Å². The van der Waals surface area contributed by atoms with Crippen LogP contribution in [0.5, 0.6) is 5.75 Å². The Labute approximate surface area is 100 Å². The van der Waals surface area contributed by atoms with Gasteiger partial charge in [0, 0.05) is 6.20 Å². The van der Waals surface area contributed by atoms with Gasteiger partial charge in [-0.1, -0.05) is 0 Å². The molecule has 1 heterocycles. The minimum Gasteiger partial charge on any atom is -0.403 e. The summed E-state index contributed by atoms with van der Waals surface area (Å²) in [4.78, 5) is 3.75. The number of nitrogens with zero attached hydrogens (tertiary/aromatic N) is 1. The summed E-state index contributed by atoms with van der Waals surface area (Å²) in [6.45, 7) is 1.45. The summed E-state index contributed by atoms with van der Waals surface area (Å²) in [6.07, 6.45) is -3.26. The summed E-state index contributed by atoms with van der Waals surface area (Å²) < 4.78 is 40.6. The van der Waals surface area contributed by atoms with Crippen molar-refractivity contribution >= 4 is 38.5 Å². The van der Waals surface area contributed by atoms with Crippen LogP contribution in [-0.4, -0.2) is 11.3 Å². The van der Waals surface area contributed by atoms with E-state index in [1.807, 2.05) is 0 Å². The smallest absolute Gasteiger partial charge is 0.403 e. The minimum atomic E-state index is -4.69. The number of aromatic nitrogens is 1. The van der Waals surface area contributed by atoms with Gasteiger partial charge in [0.05, 0.1) is 13.7 Å². The van der Waals surface area contributed by atoms with Gasteiger partial charge in [-0.05, 0) is 45.4 Å². The molecule has 0 N–H and O–H groups in total. The van der Waals surface area contributed by atoms with Gasteiger partial charge in [-0.3, -0.25) is 4.98 Å². The zero-order valence-electron chi connectivity index (χ0n) is 6.82. The Morgan fingerprint density at radius 2 is 2.07 bits per heavy atom. The summed E-state index contributed by atoms with van der Waals surface area (Å²) in [5, 5.41) is 0. The first-order chi connectivity index (χ1) is 6.31. The first-order valence-corrected chi connectivity index (χ1v) is 5.25. The van der Waals surface area contributed by atoms with E-state index >= 15 is 0 Å². The Bertz CT molecular complexity index is 356. The average molecular weight is 382 g/mol. The molecule has 0 aliphatic carbocycles. The molecule has 0 saturated carbocycles. The average Bonchev–Trinajstić information content (AvgIpc) is 2.04. The Hall–Kier alpha value is -0.0500. The van der Waals surface area contributed by atoms with Crippen molar-refractivity contribution in [2.75, 3.05) is 0 Å². The van der Waals surface area contributed by atoms with E-state index in [1.165, 1.54) is 13.1 Å². The number of halogens is 5. The highest BCUT2D eigenvalue weighted by Gasteiger charge is 2.33. The van der Waals surface area contributed by atoms with E-state index in [9.17, 15) is 13.2 Å². The number of ether oxygens (including phenoxy) is 1. The SMILES string of the molecule is Cc1ncc(Br)c(I)c1OC(F)(F)F. The van der Waals surface area contributed by atoms with Crippen LogP contribution in [0.25, 0.3) is 0 Å². The molecule has 0 spiro atoms. The summed E-state index contributed by atoms with van der Waals surface area (Å²) in [5.74, 6) is -0.257. The standard InChI is InChI=1S/C7H4BrF3INO/c1-3-6(14-7(9,10)11)5(12)4(8)2-13-3/h2H,1H3. The molecule has 1 rings (SSSR count). The number of pyridine rings is 1. The molecule has 1 aromatic rings. The Balaban J connectivity index is 3.13. The number of aryl methyl sites for hydroxylation is 1. The summed E-state index contributed by atoms with van der Waals surface area (Å²) >= 11 is 4.83. The molecule has 0 fully saturated rings. The van der Waals surface area contributed by atoms with E-state index < -0.39 is 6.36 Å². The summed E-state index contributed by atoms with van der Waals surface area (Å²) in [6, 6.07) is 0. The van der Waals surface area contributed by atoms with Gasteiger partial charge in [0.2, 0.25) is 0 Å². The normalized spacial score (nSPS) is 11.6. The van der Waals surface area contributed by atoms with E-state index in [2.05, 4.69) is 25.7 Å². The largest absolute Gasteiger partial charge is 0.573 e. The van der Waals surface area contributed by atoms with E-state index in [0.29, 0.717) is 8.04 Å². The monoisotopic (exact) mass is 381 g/mol. The van der Waals surface area contributed by atoms with Crippen molar-refractivity contribution in [1.29, 1.82) is 0 Å². The second kappa shape index (κ2) is 4.21. The van der Waals surface area contributed by atoms with E-state index in [0.717, 1.165) is 0 Å². The maximum Gasteiger partial charge on any atom is 0.573 e. The first-order valence-electron chi connectivity index (χ1n) is 3.37. The molecule has 0 bridgehead atoms. The third-order valence-electron chi connectivity index (χ3n) is 1.33. The van der Waals surface area contributed by atoms with Crippen LogP contribution in [-0.2, 0) is 0 Å². The van der Waals surface area contributed by atoms with Gasteiger partial charge >= 0.3 is 6.36 Å². The predicted molar refractivity (Wildman–Crippen MR) is 56.1 cm³/mol. The quantitative estimate of drug-likeness (QED) is 0.693. The first kappa shape index (κ1) is 12.0. The van der Waals surface area contributed by atoms with Gasteiger partial charge in [0.1, 0.15) is 0 Å². The van der Waals surface area contributed by atoms with Crippen molar-refractivity contribution in [3.63, 3.8) is 0 Å². The molecule has 14 heavy (non-hydrogen) atoms. The van der Waals surface area contributed by atoms with Gasteiger partial charge in [-0.15, -0.1) is 13.2 Å². The van der Waals surface area contributed by atoms with Gasteiger partial charge in [-0.2, -0.15) is 0 Å². The molecule has 0 aliphatic rings. The molecule has 2 nitrogen and oxygen atoms in total. The molecule has 7 heteroatoms. The molecule has 0 atom stereocenters. The van der Waals surface area contributed by atoms with Crippen LogP contribution < -0.4 is 4.74 Å². The van der Waals surface area contributed by atoms with Crippen molar-refractivity contribution in [3.05, 3.63) is 19.9 Å². The maximum absolute atomic E-state index is 12.0. The van der Waals surface area contributed by atoms with Gasteiger partial charge in [0.25, 0.3) is 0 Å². The van der Waals surface area contributed by atoms with Crippen LogP contribution in [0.4, 0.5) is 13.2 Å². The molecular weight excluding hydrogens is 378 g/mol. The van der Waals surface area contributed by atoms with Crippen LogP contribution in [0.2, 0.25) is 0 Å². The van der Waals surface area contributed by atoms with Crippen LogP contribution in [0.1, 0.15) is 5.69 Å². The number of hydrogen-bond acceptors (Lipinski definition) is 2. The lowest BCUT2D eigenvalue weighted by Gasteiger charge is -2.12.